The minimum absolute atomic E-state index is 0.0509. The Hall–Kier alpha value is -3.30. The topological polar surface area (TPSA) is 73.8 Å². The summed E-state index contributed by atoms with van der Waals surface area (Å²) in [6, 6.07) is 14.8. The van der Waals surface area contributed by atoms with Crippen LogP contribution < -0.4 is 9.88 Å². The first kappa shape index (κ1) is 19.0. The number of rotatable bonds is 5. The highest BCUT2D eigenvalue weighted by Gasteiger charge is 2.22. The van der Waals surface area contributed by atoms with Gasteiger partial charge >= 0.3 is 0 Å². The molecular formula is C23H20N3O2S+. The fraction of sp³-hybridized carbons (Fsp3) is 0.217. The van der Waals surface area contributed by atoms with E-state index in [-0.39, 0.29) is 18.2 Å². The monoisotopic (exact) mass is 402 g/mol. The first-order valence-corrected chi connectivity index (χ1v) is 10.4. The molecule has 0 aliphatic heterocycles. The van der Waals surface area contributed by atoms with Gasteiger partial charge < -0.3 is 5.32 Å². The number of anilines is 1. The number of aryl methyl sites for hydroxylation is 1. The number of hydrogen-bond acceptors (Lipinski definition) is 4. The fourth-order valence-corrected chi connectivity index (χ4v) is 4.83. The first-order chi connectivity index (χ1) is 14.2. The number of nitrogens with zero attached hydrogens (tertiary/aromatic N) is 2. The number of carbonyl (C=O) groups excluding carboxylic acids is 2. The average molecular weight is 402 g/mol. The molecule has 3 aromatic rings. The predicted octanol–water partition coefficient (Wildman–Crippen LogP) is 3.66. The zero-order valence-corrected chi connectivity index (χ0v) is 16.7. The zero-order chi connectivity index (χ0) is 20.2. The Morgan fingerprint density at radius 2 is 1.72 bits per heavy atom. The summed E-state index contributed by atoms with van der Waals surface area (Å²) in [6.07, 6.45) is 7.57. The van der Waals surface area contributed by atoms with Gasteiger partial charge in [-0.3, -0.25) is 9.59 Å². The number of fused-ring (bicyclic) bond motifs is 1. The largest absolute Gasteiger partial charge is 0.311 e. The highest BCUT2D eigenvalue weighted by Crippen LogP contribution is 2.37. The number of thiophene rings is 1. The van der Waals surface area contributed by atoms with Crippen molar-refractivity contribution in [3.63, 3.8) is 0 Å². The third kappa shape index (κ3) is 4.10. The minimum Gasteiger partial charge on any atom is -0.311 e. The number of carbonyl (C=O) groups is 2. The second kappa shape index (κ2) is 8.38. The summed E-state index contributed by atoms with van der Waals surface area (Å²) >= 11 is 1.52. The standard InChI is InChI=1S/C23H19N3O2S/c24-14-19-18-8-4-5-9-20(18)29-23(19)25-21(27)15-26-12-10-17(11-13-26)22(28)16-6-2-1-3-7-16/h1-3,6-7,10-13H,4-5,8-9,15H2/p+1. The van der Waals surface area contributed by atoms with Gasteiger partial charge in [-0.1, -0.05) is 30.3 Å². The van der Waals surface area contributed by atoms with Gasteiger partial charge in [-0.2, -0.15) is 9.83 Å². The zero-order valence-electron chi connectivity index (χ0n) is 15.9. The lowest BCUT2D eigenvalue weighted by atomic mass is 9.96. The molecule has 0 radical (unpaired) electrons. The summed E-state index contributed by atoms with van der Waals surface area (Å²) in [5, 5.41) is 13.1. The van der Waals surface area contributed by atoms with E-state index in [2.05, 4.69) is 11.4 Å². The van der Waals surface area contributed by atoms with Crippen molar-refractivity contribution in [3.8, 4) is 6.07 Å². The van der Waals surface area contributed by atoms with Crippen LogP contribution in [0, 0.1) is 11.3 Å². The molecule has 0 bridgehead atoms. The molecule has 1 aliphatic rings. The van der Waals surface area contributed by atoms with Crippen LogP contribution in [0.4, 0.5) is 5.00 Å². The van der Waals surface area contributed by atoms with Crippen LogP contribution in [0.2, 0.25) is 0 Å². The van der Waals surface area contributed by atoms with E-state index in [1.807, 2.05) is 18.2 Å². The molecule has 29 heavy (non-hydrogen) atoms. The summed E-state index contributed by atoms with van der Waals surface area (Å²) in [5.74, 6) is -0.239. The number of nitriles is 1. The molecule has 0 spiro atoms. The van der Waals surface area contributed by atoms with Gasteiger partial charge in [-0.05, 0) is 31.2 Å². The number of ketones is 1. The molecule has 1 aliphatic carbocycles. The van der Waals surface area contributed by atoms with Crippen molar-refractivity contribution < 1.29 is 14.2 Å². The van der Waals surface area contributed by atoms with Crippen molar-refractivity contribution in [2.24, 2.45) is 0 Å². The number of benzene rings is 1. The summed E-state index contributed by atoms with van der Waals surface area (Å²) in [7, 11) is 0. The van der Waals surface area contributed by atoms with E-state index in [1.165, 1.54) is 16.2 Å². The Bertz CT molecular complexity index is 1100. The van der Waals surface area contributed by atoms with E-state index in [4.69, 9.17) is 0 Å². The van der Waals surface area contributed by atoms with E-state index < -0.39 is 0 Å². The van der Waals surface area contributed by atoms with Gasteiger partial charge in [-0.15, -0.1) is 11.3 Å². The quantitative estimate of drug-likeness (QED) is 0.523. The summed E-state index contributed by atoms with van der Waals surface area (Å²) < 4.78 is 1.72. The Labute approximate surface area is 173 Å². The molecule has 144 valence electrons. The molecule has 2 heterocycles. The van der Waals surface area contributed by atoms with Crippen molar-refractivity contribution in [3.05, 3.63) is 82.0 Å². The van der Waals surface area contributed by atoms with Crippen LogP contribution in [0.5, 0.6) is 0 Å². The number of amides is 1. The number of hydrogen-bond donors (Lipinski definition) is 1. The van der Waals surface area contributed by atoms with E-state index in [0.29, 0.717) is 21.7 Å². The Morgan fingerprint density at radius 3 is 2.45 bits per heavy atom. The highest BCUT2D eigenvalue weighted by molar-refractivity contribution is 7.16. The molecule has 5 nitrogen and oxygen atoms in total. The third-order valence-electron chi connectivity index (χ3n) is 5.05. The smallest absolute Gasteiger partial charge is 0.290 e. The van der Waals surface area contributed by atoms with Crippen molar-refractivity contribution in [1.82, 2.24) is 0 Å². The summed E-state index contributed by atoms with van der Waals surface area (Å²) in [4.78, 5) is 26.2. The van der Waals surface area contributed by atoms with Gasteiger partial charge in [0.1, 0.15) is 11.1 Å². The van der Waals surface area contributed by atoms with Crippen molar-refractivity contribution in [1.29, 1.82) is 5.26 Å². The molecular weight excluding hydrogens is 382 g/mol. The number of aromatic nitrogens is 1. The highest BCUT2D eigenvalue weighted by atomic mass is 32.1. The van der Waals surface area contributed by atoms with E-state index >= 15 is 0 Å². The third-order valence-corrected chi connectivity index (χ3v) is 6.26. The van der Waals surface area contributed by atoms with Crippen molar-refractivity contribution in [2.75, 3.05) is 5.32 Å². The van der Waals surface area contributed by atoms with Crippen LogP contribution in [0.15, 0.2) is 54.9 Å². The lowest BCUT2D eigenvalue weighted by Gasteiger charge is -2.09. The second-order valence-corrected chi connectivity index (χ2v) is 8.13. The summed E-state index contributed by atoms with van der Waals surface area (Å²) in [6.45, 7) is 0.118. The first-order valence-electron chi connectivity index (χ1n) is 9.59. The molecule has 6 heteroatoms. The number of pyridine rings is 1. The van der Waals surface area contributed by atoms with Crippen molar-refractivity contribution >= 4 is 28.0 Å². The van der Waals surface area contributed by atoms with Gasteiger partial charge in [0.15, 0.2) is 18.2 Å². The maximum atomic E-state index is 12.5. The Morgan fingerprint density at radius 1 is 1.03 bits per heavy atom. The van der Waals surface area contributed by atoms with E-state index in [9.17, 15) is 14.9 Å². The van der Waals surface area contributed by atoms with Crippen LogP contribution in [-0.4, -0.2) is 11.7 Å². The minimum atomic E-state index is -0.188. The molecule has 0 saturated heterocycles. The van der Waals surface area contributed by atoms with E-state index in [0.717, 1.165) is 31.2 Å². The van der Waals surface area contributed by atoms with Crippen LogP contribution in [-0.2, 0) is 24.2 Å². The van der Waals surface area contributed by atoms with Crippen LogP contribution in [0.3, 0.4) is 0 Å². The van der Waals surface area contributed by atoms with Gasteiger partial charge in [0.05, 0.1) is 5.56 Å². The molecule has 1 N–H and O–H groups in total. The molecule has 2 aromatic heterocycles. The lowest BCUT2D eigenvalue weighted by molar-refractivity contribution is -0.684. The maximum Gasteiger partial charge on any atom is 0.290 e. The van der Waals surface area contributed by atoms with Gasteiger partial charge in [0.25, 0.3) is 5.91 Å². The molecule has 0 atom stereocenters. The molecule has 1 amide bonds. The Balaban J connectivity index is 1.44. The Kier molecular flexibility index (Phi) is 5.50. The predicted molar refractivity (Wildman–Crippen MR) is 111 cm³/mol. The summed E-state index contributed by atoms with van der Waals surface area (Å²) in [5.41, 5.74) is 2.93. The van der Waals surface area contributed by atoms with Crippen LogP contribution in [0.25, 0.3) is 0 Å². The molecule has 0 unspecified atom stereocenters. The normalized spacial score (nSPS) is 12.7. The van der Waals surface area contributed by atoms with Crippen LogP contribution >= 0.6 is 11.3 Å². The van der Waals surface area contributed by atoms with Gasteiger partial charge in [0, 0.05) is 28.1 Å². The fourth-order valence-electron chi connectivity index (χ4n) is 3.57. The maximum absolute atomic E-state index is 12.5. The van der Waals surface area contributed by atoms with Crippen LogP contribution in [0.1, 0.15) is 44.8 Å². The van der Waals surface area contributed by atoms with E-state index in [1.54, 1.807) is 41.2 Å². The average Bonchev–Trinajstić information content (AvgIpc) is 3.11. The molecule has 0 fully saturated rings. The second-order valence-electron chi connectivity index (χ2n) is 7.03. The molecule has 1 aromatic carbocycles. The number of nitrogens with one attached hydrogen (secondary N) is 1. The lowest BCUT2D eigenvalue weighted by Crippen LogP contribution is -2.39. The SMILES string of the molecule is N#Cc1c(NC(=O)C[n+]2ccc(C(=O)c3ccccc3)cc2)sc2c1CCCC2. The van der Waals surface area contributed by atoms with Gasteiger partial charge in [-0.25, -0.2) is 0 Å². The van der Waals surface area contributed by atoms with Crippen molar-refractivity contribution in [2.45, 2.75) is 32.2 Å². The molecule has 0 saturated carbocycles. The molecule has 4 rings (SSSR count). The van der Waals surface area contributed by atoms with Gasteiger partial charge in [0.2, 0.25) is 6.54 Å².